The molecular weight excluding hydrogens is 250 g/mol. The lowest BCUT2D eigenvalue weighted by Crippen LogP contribution is -2.22. The summed E-state index contributed by atoms with van der Waals surface area (Å²) < 4.78 is 5.19. The van der Waals surface area contributed by atoms with Gasteiger partial charge in [-0.2, -0.15) is 0 Å². The van der Waals surface area contributed by atoms with Crippen LogP contribution in [0.25, 0.3) is 0 Å². The largest absolute Gasteiger partial charge is 0.508 e. The maximum atomic E-state index is 9.56. The molecule has 0 aliphatic heterocycles. The van der Waals surface area contributed by atoms with Crippen LogP contribution in [0.5, 0.6) is 11.5 Å². The summed E-state index contributed by atoms with van der Waals surface area (Å²) in [5.74, 6) is 1.17. The van der Waals surface area contributed by atoms with Crippen molar-refractivity contribution >= 4 is 0 Å². The van der Waals surface area contributed by atoms with Gasteiger partial charge in [-0.25, -0.2) is 0 Å². The number of rotatable bonds is 6. The van der Waals surface area contributed by atoms with Gasteiger partial charge in [-0.05, 0) is 48.4 Å². The third-order valence-corrected chi connectivity index (χ3v) is 3.32. The van der Waals surface area contributed by atoms with Gasteiger partial charge in [-0.15, -0.1) is 0 Å². The molecule has 106 valence electrons. The molecule has 0 radical (unpaired) electrons. The fourth-order valence-electron chi connectivity index (χ4n) is 2.31. The van der Waals surface area contributed by atoms with E-state index >= 15 is 0 Å². The van der Waals surface area contributed by atoms with Gasteiger partial charge in [0.05, 0.1) is 7.11 Å². The molecule has 3 nitrogen and oxygen atoms in total. The van der Waals surface area contributed by atoms with Gasteiger partial charge in [-0.1, -0.05) is 31.2 Å². The number of aromatic hydroxyl groups is 1. The Kier molecular flexibility index (Phi) is 5.02. The summed E-state index contributed by atoms with van der Waals surface area (Å²) in [6.07, 6.45) is 0.842. The summed E-state index contributed by atoms with van der Waals surface area (Å²) in [7, 11) is 1.67. The van der Waals surface area contributed by atoms with Crippen LogP contribution in [0, 0.1) is 0 Å². The molecule has 0 aromatic heterocycles. The zero-order chi connectivity index (χ0) is 14.4. The number of hydrogen-bond donors (Lipinski definition) is 2. The van der Waals surface area contributed by atoms with E-state index in [9.17, 15) is 5.11 Å². The first kappa shape index (κ1) is 14.4. The van der Waals surface area contributed by atoms with Crippen molar-refractivity contribution < 1.29 is 9.84 Å². The number of ether oxygens (including phenoxy) is 1. The molecule has 2 aromatic carbocycles. The second kappa shape index (κ2) is 6.96. The zero-order valence-corrected chi connectivity index (χ0v) is 12.0. The van der Waals surface area contributed by atoms with Gasteiger partial charge < -0.3 is 15.2 Å². The lowest BCUT2D eigenvalue weighted by Gasteiger charge is -2.19. The van der Waals surface area contributed by atoms with Crippen molar-refractivity contribution in [1.82, 2.24) is 5.32 Å². The predicted octanol–water partition coefficient (Wildman–Crippen LogP) is 3.29. The molecule has 0 bridgehead atoms. The summed E-state index contributed by atoms with van der Waals surface area (Å²) in [6, 6.07) is 15.8. The van der Waals surface area contributed by atoms with Gasteiger partial charge in [0.1, 0.15) is 11.5 Å². The standard InChI is InChI=1S/C17H21NO2/c1-3-18-17(12-13-5-4-6-15(19)11-13)14-7-9-16(20-2)10-8-14/h4-11,17-19H,3,12H2,1-2H3. The Labute approximate surface area is 120 Å². The van der Waals surface area contributed by atoms with E-state index in [1.165, 1.54) is 5.56 Å². The second-order valence-corrected chi connectivity index (χ2v) is 4.76. The molecule has 1 atom stereocenters. The minimum Gasteiger partial charge on any atom is -0.508 e. The van der Waals surface area contributed by atoms with E-state index in [2.05, 4.69) is 24.4 Å². The molecule has 20 heavy (non-hydrogen) atoms. The highest BCUT2D eigenvalue weighted by Crippen LogP contribution is 2.22. The SMILES string of the molecule is CCNC(Cc1cccc(O)c1)c1ccc(OC)cc1. The summed E-state index contributed by atoms with van der Waals surface area (Å²) in [6.45, 7) is 2.99. The molecule has 0 saturated carbocycles. The molecule has 3 heteroatoms. The Morgan fingerprint density at radius 2 is 1.90 bits per heavy atom. The normalized spacial score (nSPS) is 12.1. The predicted molar refractivity (Wildman–Crippen MR) is 81.2 cm³/mol. The molecule has 0 spiro atoms. The van der Waals surface area contributed by atoms with Gasteiger partial charge in [-0.3, -0.25) is 0 Å². The van der Waals surface area contributed by atoms with Gasteiger partial charge in [0.15, 0.2) is 0 Å². The lowest BCUT2D eigenvalue weighted by molar-refractivity contribution is 0.414. The quantitative estimate of drug-likeness (QED) is 0.847. The van der Waals surface area contributed by atoms with Crippen molar-refractivity contribution in [3.8, 4) is 11.5 Å². The third-order valence-electron chi connectivity index (χ3n) is 3.32. The van der Waals surface area contributed by atoms with Crippen molar-refractivity contribution in [1.29, 1.82) is 0 Å². The van der Waals surface area contributed by atoms with E-state index < -0.39 is 0 Å². The average molecular weight is 271 g/mol. The van der Waals surface area contributed by atoms with E-state index in [1.807, 2.05) is 30.3 Å². The van der Waals surface area contributed by atoms with Crippen molar-refractivity contribution in [2.75, 3.05) is 13.7 Å². The monoisotopic (exact) mass is 271 g/mol. The Balaban J connectivity index is 2.17. The fraction of sp³-hybridized carbons (Fsp3) is 0.294. The van der Waals surface area contributed by atoms with Crippen LogP contribution in [-0.2, 0) is 6.42 Å². The Hall–Kier alpha value is -2.00. The second-order valence-electron chi connectivity index (χ2n) is 4.76. The smallest absolute Gasteiger partial charge is 0.118 e. The number of likely N-dealkylation sites (N-methyl/N-ethyl adjacent to an activating group) is 1. The van der Waals surface area contributed by atoms with Crippen molar-refractivity contribution in [3.63, 3.8) is 0 Å². The van der Waals surface area contributed by atoms with Crippen molar-refractivity contribution in [2.24, 2.45) is 0 Å². The highest BCUT2D eigenvalue weighted by molar-refractivity contribution is 5.32. The van der Waals surface area contributed by atoms with Crippen LogP contribution in [0.3, 0.4) is 0 Å². The van der Waals surface area contributed by atoms with Crippen LogP contribution >= 0.6 is 0 Å². The van der Waals surface area contributed by atoms with Crippen LogP contribution in [0.15, 0.2) is 48.5 Å². The molecule has 0 amide bonds. The molecule has 0 aliphatic carbocycles. The van der Waals surface area contributed by atoms with E-state index in [-0.39, 0.29) is 6.04 Å². The highest BCUT2D eigenvalue weighted by Gasteiger charge is 2.11. The molecule has 0 aliphatic rings. The van der Waals surface area contributed by atoms with E-state index in [1.54, 1.807) is 13.2 Å². The van der Waals surface area contributed by atoms with Crippen LogP contribution in [0.1, 0.15) is 24.1 Å². The highest BCUT2D eigenvalue weighted by atomic mass is 16.5. The first-order valence-electron chi connectivity index (χ1n) is 6.88. The molecule has 0 saturated heterocycles. The maximum Gasteiger partial charge on any atom is 0.118 e. The zero-order valence-electron chi connectivity index (χ0n) is 12.0. The topological polar surface area (TPSA) is 41.5 Å². The summed E-state index contributed by atoms with van der Waals surface area (Å²) in [5, 5.41) is 13.0. The maximum absolute atomic E-state index is 9.56. The van der Waals surface area contributed by atoms with Gasteiger partial charge in [0, 0.05) is 6.04 Å². The number of hydrogen-bond acceptors (Lipinski definition) is 3. The molecular formula is C17H21NO2. The number of benzene rings is 2. The summed E-state index contributed by atoms with van der Waals surface area (Å²) in [5.41, 5.74) is 2.34. The van der Waals surface area contributed by atoms with Gasteiger partial charge in [0.2, 0.25) is 0 Å². The molecule has 1 unspecified atom stereocenters. The molecule has 2 N–H and O–H groups in total. The minimum atomic E-state index is 0.229. The summed E-state index contributed by atoms with van der Waals surface area (Å²) in [4.78, 5) is 0. The van der Waals surface area contributed by atoms with E-state index in [0.717, 1.165) is 24.3 Å². The van der Waals surface area contributed by atoms with Gasteiger partial charge in [0.25, 0.3) is 0 Å². The lowest BCUT2D eigenvalue weighted by atomic mass is 9.98. The summed E-state index contributed by atoms with van der Waals surface area (Å²) >= 11 is 0. The van der Waals surface area contributed by atoms with Crippen LogP contribution < -0.4 is 10.1 Å². The van der Waals surface area contributed by atoms with Crippen LogP contribution in [0.4, 0.5) is 0 Å². The fourth-order valence-corrected chi connectivity index (χ4v) is 2.31. The molecule has 0 fully saturated rings. The first-order chi connectivity index (χ1) is 9.72. The van der Waals surface area contributed by atoms with E-state index in [4.69, 9.17) is 4.74 Å². The molecule has 2 aromatic rings. The average Bonchev–Trinajstić information content (AvgIpc) is 2.47. The third kappa shape index (κ3) is 3.75. The Bertz CT molecular complexity index is 537. The van der Waals surface area contributed by atoms with Crippen LogP contribution in [0.2, 0.25) is 0 Å². The van der Waals surface area contributed by atoms with E-state index in [0.29, 0.717) is 5.75 Å². The number of nitrogens with one attached hydrogen (secondary N) is 1. The van der Waals surface area contributed by atoms with Crippen molar-refractivity contribution in [3.05, 3.63) is 59.7 Å². The minimum absolute atomic E-state index is 0.229. The number of methoxy groups -OCH3 is 1. The first-order valence-corrected chi connectivity index (χ1v) is 6.88. The molecule has 2 rings (SSSR count). The molecule has 0 heterocycles. The Morgan fingerprint density at radius 3 is 2.50 bits per heavy atom. The van der Waals surface area contributed by atoms with Gasteiger partial charge >= 0.3 is 0 Å². The van der Waals surface area contributed by atoms with Crippen LogP contribution in [-0.4, -0.2) is 18.8 Å². The van der Waals surface area contributed by atoms with Crippen molar-refractivity contribution in [2.45, 2.75) is 19.4 Å². The number of phenols is 1. The Morgan fingerprint density at radius 1 is 1.15 bits per heavy atom. The number of phenolic OH excluding ortho intramolecular Hbond substituents is 1.